The van der Waals surface area contributed by atoms with E-state index < -0.39 is 0 Å². The molecule has 0 aliphatic rings. The van der Waals surface area contributed by atoms with Crippen LogP contribution in [0.3, 0.4) is 0 Å². The third kappa shape index (κ3) is 5.07. The first-order chi connectivity index (χ1) is 8.56. The van der Waals surface area contributed by atoms with E-state index in [0.29, 0.717) is 12.3 Å². The van der Waals surface area contributed by atoms with Crippen molar-refractivity contribution in [3.05, 3.63) is 34.1 Å². The molecule has 0 bridgehead atoms. The minimum absolute atomic E-state index is 0.256. The molecule has 1 aromatic carbocycles. The molecule has 0 fully saturated rings. The molecular formula is C15H22BrFO. The van der Waals surface area contributed by atoms with E-state index in [-0.39, 0.29) is 11.9 Å². The lowest BCUT2D eigenvalue weighted by atomic mass is 9.89. The Morgan fingerprint density at radius 1 is 1.28 bits per heavy atom. The van der Waals surface area contributed by atoms with E-state index in [9.17, 15) is 9.50 Å². The number of aliphatic hydroxyl groups is 1. The van der Waals surface area contributed by atoms with Crippen LogP contribution in [-0.4, -0.2) is 11.2 Å². The van der Waals surface area contributed by atoms with Gasteiger partial charge >= 0.3 is 0 Å². The molecule has 0 radical (unpaired) electrons. The lowest BCUT2D eigenvalue weighted by Gasteiger charge is -2.21. The first-order valence-electron chi connectivity index (χ1n) is 6.69. The number of benzene rings is 1. The summed E-state index contributed by atoms with van der Waals surface area (Å²) in [6.07, 6.45) is 4.45. The maximum Gasteiger partial charge on any atom is 0.124 e. The van der Waals surface area contributed by atoms with Gasteiger partial charge in [0.1, 0.15) is 5.82 Å². The number of halogens is 2. The van der Waals surface area contributed by atoms with Crippen LogP contribution in [0.1, 0.15) is 45.1 Å². The molecule has 2 unspecified atom stereocenters. The van der Waals surface area contributed by atoms with E-state index in [1.807, 2.05) is 6.07 Å². The molecule has 0 aliphatic heterocycles. The van der Waals surface area contributed by atoms with Crippen LogP contribution in [0.4, 0.5) is 4.39 Å². The highest BCUT2D eigenvalue weighted by molar-refractivity contribution is 9.10. The highest BCUT2D eigenvalue weighted by Crippen LogP contribution is 2.22. The molecule has 0 amide bonds. The molecule has 1 nitrogen and oxygen atoms in total. The molecule has 1 N–H and O–H groups in total. The van der Waals surface area contributed by atoms with Crippen molar-refractivity contribution in [3.63, 3.8) is 0 Å². The van der Waals surface area contributed by atoms with Gasteiger partial charge in [0.15, 0.2) is 0 Å². The van der Waals surface area contributed by atoms with Crippen LogP contribution >= 0.6 is 15.9 Å². The van der Waals surface area contributed by atoms with Gasteiger partial charge in [-0.25, -0.2) is 4.39 Å². The van der Waals surface area contributed by atoms with Gasteiger partial charge in [-0.05, 0) is 42.5 Å². The van der Waals surface area contributed by atoms with Gasteiger partial charge in [0.2, 0.25) is 0 Å². The van der Waals surface area contributed by atoms with Gasteiger partial charge in [-0.2, -0.15) is 0 Å². The van der Waals surface area contributed by atoms with Crippen LogP contribution < -0.4 is 0 Å². The van der Waals surface area contributed by atoms with Crippen LogP contribution in [0.2, 0.25) is 0 Å². The number of hydrogen-bond acceptors (Lipinski definition) is 1. The Hall–Kier alpha value is -0.410. The summed E-state index contributed by atoms with van der Waals surface area (Å²) >= 11 is 3.28. The normalized spacial score (nSPS) is 14.5. The Morgan fingerprint density at radius 3 is 2.56 bits per heavy atom. The van der Waals surface area contributed by atoms with E-state index in [0.717, 1.165) is 35.7 Å². The zero-order chi connectivity index (χ0) is 13.5. The monoisotopic (exact) mass is 316 g/mol. The van der Waals surface area contributed by atoms with Crippen molar-refractivity contribution < 1.29 is 9.50 Å². The zero-order valence-corrected chi connectivity index (χ0v) is 12.7. The lowest BCUT2D eigenvalue weighted by Crippen LogP contribution is -2.22. The number of hydrogen-bond donors (Lipinski definition) is 1. The van der Waals surface area contributed by atoms with Crippen LogP contribution in [0.25, 0.3) is 0 Å². The summed E-state index contributed by atoms with van der Waals surface area (Å²) in [6.45, 7) is 4.26. The quantitative estimate of drug-likeness (QED) is 0.772. The molecule has 1 rings (SSSR count). The molecule has 2 atom stereocenters. The SMILES string of the molecule is CCCCC(CC)C(O)Cc1cc(F)cc(Br)c1. The molecule has 0 saturated carbocycles. The van der Waals surface area contributed by atoms with Crippen molar-refractivity contribution in [3.8, 4) is 0 Å². The Morgan fingerprint density at radius 2 is 2.00 bits per heavy atom. The van der Waals surface area contributed by atoms with E-state index in [4.69, 9.17) is 0 Å². The second-order valence-electron chi connectivity index (χ2n) is 4.86. The summed E-state index contributed by atoms with van der Waals surface area (Å²) in [7, 11) is 0. The van der Waals surface area contributed by atoms with Crippen molar-refractivity contribution in [1.29, 1.82) is 0 Å². The number of unbranched alkanes of at least 4 members (excludes halogenated alkanes) is 1. The molecule has 1 aromatic rings. The Labute approximate surface area is 118 Å². The summed E-state index contributed by atoms with van der Waals surface area (Å²) < 4.78 is 14.0. The summed E-state index contributed by atoms with van der Waals surface area (Å²) in [4.78, 5) is 0. The van der Waals surface area contributed by atoms with Crippen LogP contribution in [0.5, 0.6) is 0 Å². The average Bonchev–Trinajstić information content (AvgIpc) is 2.28. The van der Waals surface area contributed by atoms with Crippen LogP contribution in [-0.2, 0) is 6.42 Å². The lowest BCUT2D eigenvalue weighted by molar-refractivity contribution is 0.0987. The van der Waals surface area contributed by atoms with Crippen molar-refractivity contribution >= 4 is 15.9 Å². The van der Waals surface area contributed by atoms with Gasteiger partial charge in [-0.15, -0.1) is 0 Å². The standard InChI is InChI=1S/C15H22BrFO/c1-3-5-6-12(4-2)15(18)9-11-7-13(16)10-14(17)8-11/h7-8,10,12,15,18H,3-6,9H2,1-2H3. The number of aliphatic hydroxyl groups excluding tert-OH is 1. The predicted molar refractivity (Wildman–Crippen MR) is 77.1 cm³/mol. The van der Waals surface area contributed by atoms with Gasteiger partial charge in [-0.3, -0.25) is 0 Å². The van der Waals surface area contributed by atoms with E-state index in [1.54, 1.807) is 0 Å². The minimum Gasteiger partial charge on any atom is -0.392 e. The average molecular weight is 317 g/mol. The maximum absolute atomic E-state index is 13.3. The summed E-state index contributed by atoms with van der Waals surface area (Å²) in [6, 6.07) is 4.81. The number of rotatable bonds is 7. The molecule has 0 spiro atoms. The fourth-order valence-electron chi connectivity index (χ4n) is 2.27. The van der Waals surface area contributed by atoms with Crippen molar-refractivity contribution in [2.75, 3.05) is 0 Å². The highest BCUT2D eigenvalue weighted by atomic mass is 79.9. The van der Waals surface area contributed by atoms with Gasteiger partial charge in [0.25, 0.3) is 0 Å². The molecule has 0 saturated heterocycles. The fraction of sp³-hybridized carbons (Fsp3) is 0.600. The molecule has 0 aliphatic carbocycles. The fourth-order valence-corrected chi connectivity index (χ4v) is 2.78. The zero-order valence-electron chi connectivity index (χ0n) is 11.1. The van der Waals surface area contributed by atoms with Crippen molar-refractivity contribution in [2.45, 2.75) is 52.1 Å². The second-order valence-corrected chi connectivity index (χ2v) is 5.78. The molecule has 18 heavy (non-hydrogen) atoms. The first kappa shape index (κ1) is 15.6. The molecule has 0 aromatic heterocycles. The Bertz CT molecular complexity index is 347. The van der Waals surface area contributed by atoms with Crippen LogP contribution in [0, 0.1) is 11.7 Å². The molecule has 0 heterocycles. The molecular weight excluding hydrogens is 295 g/mol. The van der Waals surface area contributed by atoms with Crippen molar-refractivity contribution in [1.82, 2.24) is 0 Å². The summed E-state index contributed by atoms with van der Waals surface area (Å²) in [5.41, 5.74) is 0.851. The Kier molecular flexibility index (Phi) is 6.87. The predicted octanol–water partition coefficient (Wildman–Crippen LogP) is 4.71. The molecule has 3 heteroatoms. The third-order valence-corrected chi connectivity index (χ3v) is 3.82. The minimum atomic E-state index is -0.379. The van der Waals surface area contributed by atoms with Crippen molar-refractivity contribution in [2.24, 2.45) is 5.92 Å². The van der Waals surface area contributed by atoms with Gasteiger partial charge in [0, 0.05) is 4.47 Å². The van der Waals surface area contributed by atoms with Crippen LogP contribution in [0.15, 0.2) is 22.7 Å². The second kappa shape index (κ2) is 7.90. The highest BCUT2D eigenvalue weighted by Gasteiger charge is 2.17. The first-order valence-corrected chi connectivity index (χ1v) is 7.49. The maximum atomic E-state index is 13.3. The Balaban J connectivity index is 2.63. The van der Waals surface area contributed by atoms with E-state index in [1.165, 1.54) is 12.1 Å². The summed E-state index contributed by atoms with van der Waals surface area (Å²) in [5.74, 6) is 0.0557. The van der Waals surface area contributed by atoms with E-state index in [2.05, 4.69) is 29.8 Å². The topological polar surface area (TPSA) is 20.2 Å². The summed E-state index contributed by atoms with van der Waals surface area (Å²) in [5, 5.41) is 10.2. The van der Waals surface area contributed by atoms with Gasteiger partial charge in [-0.1, -0.05) is 49.0 Å². The smallest absolute Gasteiger partial charge is 0.124 e. The van der Waals surface area contributed by atoms with E-state index >= 15 is 0 Å². The van der Waals surface area contributed by atoms with Gasteiger partial charge < -0.3 is 5.11 Å². The third-order valence-electron chi connectivity index (χ3n) is 3.36. The molecule has 102 valence electrons. The largest absolute Gasteiger partial charge is 0.392 e. The van der Waals surface area contributed by atoms with Gasteiger partial charge in [0.05, 0.1) is 6.10 Å².